The first-order valence-corrected chi connectivity index (χ1v) is 5.47. The largest absolute Gasteiger partial charge is 0.522 e. The monoisotopic (exact) mass is 273 g/mol. The third-order valence-electron chi connectivity index (χ3n) is 2.71. The van der Waals surface area contributed by atoms with Crippen LogP contribution in [0.25, 0.3) is 0 Å². The van der Waals surface area contributed by atoms with Crippen LogP contribution in [0.15, 0.2) is 18.2 Å². The molecule has 0 aromatic heterocycles. The van der Waals surface area contributed by atoms with E-state index >= 15 is 0 Å². The van der Waals surface area contributed by atoms with Gasteiger partial charge in [-0.15, -0.1) is 13.2 Å². The average Bonchev–Trinajstić information content (AvgIpc) is 2.53. The second kappa shape index (κ2) is 4.65. The molecule has 2 rings (SSSR count). The van der Waals surface area contributed by atoms with Gasteiger partial charge in [0, 0.05) is 0 Å². The van der Waals surface area contributed by atoms with E-state index in [0.717, 1.165) is 10.5 Å². The minimum Gasteiger partial charge on any atom is -0.302 e. The molecule has 1 aliphatic heterocycles. The summed E-state index contributed by atoms with van der Waals surface area (Å²) in [5.74, 6) is -1.53. The predicted molar refractivity (Wildman–Crippen MR) is 59.9 cm³/mol. The minimum atomic E-state index is -4.75. The Morgan fingerprint density at radius 1 is 1.26 bits per heavy atom. The van der Waals surface area contributed by atoms with Crippen molar-refractivity contribution in [1.82, 2.24) is 0 Å². The van der Waals surface area contributed by atoms with Gasteiger partial charge in [0.25, 0.3) is 11.7 Å². The molecule has 0 N–H and O–H groups in total. The molecule has 1 aromatic carbocycles. The highest BCUT2D eigenvalue weighted by molar-refractivity contribution is 6.52. The van der Waals surface area contributed by atoms with Gasteiger partial charge in [0.1, 0.15) is 0 Å². The van der Waals surface area contributed by atoms with E-state index in [1.807, 2.05) is 0 Å². The summed E-state index contributed by atoms with van der Waals surface area (Å²) in [5, 5.41) is 0. The fourth-order valence-electron chi connectivity index (χ4n) is 1.89. The Balaban J connectivity index is 2.15. The van der Waals surface area contributed by atoms with Crippen molar-refractivity contribution in [3.63, 3.8) is 0 Å². The molecule has 1 amide bonds. The highest BCUT2D eigenvalue weighted by Crippen LogP contribution is 2.29. The summed E-state index contributed by atoms with van der Waals surface area (Å²) >= 11 is 0. The van der Waals surface area contributed by atoms with Gasteiger partial charge in [-0.2, -0.15) is 0 Å². The van der Waals surface area contributed by atoms with Gasteiger partial charge in [-0.1, -0.05) is 11.6 Å². The van der Waals surface area contributed by atoms with Crippen LogP contribution in [0.2, 0.25) is 0 Å². The average molecular weight is 273 g/mol. The van der Waals surface area contributed by atoms with E-state index in [0.29, 0.717) is 5.69 Å². The van der Waals surface area contributed by atoms with Crippen molar-refractivity contribution in [3.8, 4) is 0 Å². The van der Waals surface area contributed by atoms with Crippen LogP contribution in [0, 0.1) is 6.92 Å². The highest BCUT2D eigenvalue weighted by atomic mass is 19.4. The third kappa shape index (κ3) is 2.76. The van der Waals surface area contributed by atoms with E-state index in [-0.39, 0.29) is 12.1 Å². The number of hydrogen-bond acceptors (Lipinski definition) is 3. The van der Waals surface area contributed by atoms with E-state index in [2.05, 4.69) is 4.74 Å². The molecule has 0 radical (unpaired) electrons. The van der Waals surface area contributed by atoms with Crippen molar-refractivity contribution in [2.45, 2.75) is 13.3 Å². The zero-order valence-electron chi connectivity index (χ0n) is 9.95. The molecule has 4 nitrogen and oxygen atoms in total. The van der Waals surface area contributed by atoms with E-state index in [9.17, 15) is 22.8 Å². The van der Waals surface area contributed by atoms with Gasteiger partial charge in [-0.25, -0.2) is 0 Å². The van der Waals surface area contributed by atoms with Gasteiger partial charge in [0.05, 0.1) is 24.4 Å². The second-order valence-electron chi connectivity index (χ2n) is 4.10. The summed E-state index contributed by atoms with van der Waals surface area (Å²) < 4.78 is 39.2. The molecule has 1 aliphatic rings. The van der Waals surface area contributed by atoms with Gasteiger partial charge in [0.2, 0.25) is 0 Å². The quantitative estimate of drug-likeness (QED) is 0.792. The zero-order valence-corrected chi connectivity index (χ0v) is 9.95. The highest BCUT2D eigenvalue weighted by Gasteiger charge is 2.36. The van der Waals surface area contributed by atoms with Crippen molar-refractivity contribution in [1.29, 1.82) is 0 Å². The maximum absolute atomic E-state index is 11.9. The lowest BCUT2D eigenvalue weighted by molar-refractivity contribution is -0.323. The van der Waals surface area contributed by atoms with E-state index in [1.165, 1.54) is 0 Å². The molecule has 0 saturated carbocycles. The molecule has 0 aliphatic carbocycles. The summed E-state index contributed by atoms with van der Waals surface area (Å²) in [5.41, 5.74) is 1.34. The van der Waals surface area contributed by atoms with Crippen molar-refractivity contribution < 1.29 is 27.5 Å². The molecule has 0 atom stereocenters. The fourth-order valence-corrected chi connectivity index (χ4v) is 1.89. The van der Waals surface area contributed by atoms with Crippen molar-refractivity contribution in [2.75, 3.05) is 18.1 Å². The van der Waals surface area contributed by atoms with Gasteiger partial charge in [-0.05, 0) is 19.1 Å². The molecule has 102 valence electrons. The van der Waals surface area contributed by atoms with Crippen LogP contribution >= 0.6 is 0 Å². The summed E-state index contributed by atoms with van der Waals surface area (Å²) in [6, 6.07) is 4.77. The Hall–Kier alpha value is -1.89. The number of fused-ring (bicyclic) bond motifs is 1. The van der Waals surface area contributed by atoms with Gasteiger partial charge in [-0.3, -0.25) is 14.3 Å². The van der Waals surface area contributed by atoms with E-state index < -0.39 is 24.7 Å². The van der Waals surface area contributed by atoms with Gasteiger partial charge >= 0.3 is 6.36 Å². The maximum Gasteiger partial charge on any atom is 0.522 e. The van der Waals surface area contributed by atoms with Crippen molar-refractivity contribution >= 4 is 17.4 Å². The van der Waals surface area contributed by atoms with Gasteiger partial charge in [0.15, 0.2) is 0 Å². The first-order valence-electron chi connectivity index (χ1n) is 5.47. The molecule has 19 heavy (non-hydrogen) atoms. The Morgan fingerprint density at radius 2 is 1.95 bits per heavy atom. The molecular weight excluding hydrogens is 263 g/mol. The minimum absolute atomic E-state index is 0.219. The number of rotatable bonds is 3. The number of hydrogen-bond donors (Lipinski definition) is 0. The summed E-state index contributed by atoms with van der Waals surface area (Å²) in [7, 11) is 0. The summed E-state index contributed by atoms with van der Waals surface area (Å²) in [6.45, 7) is 0.726. The SMILES string of the molecule is Cc1ccc2c(c1)C(=O)C(=O)N2CCOC(F)(F)F. The lowest BCUT2D eigenvalue weighted by Crippen LogP contribution is -2.34. The topological polar surface area (TPSA) is 46.6 Å². The number of benzene rings is 1. The number of carbonyl (C=O) groups is 2. The zero-order chi connectivity index (χ0) is 14.2. The van der Waals surface area contributed by atoms with Crippen LogP contribution in [0.4, 0.5) is 18.9 Å². The third-order valence-corrected chi connectivity index (χ3v) is 2.71. The molecule has 0 unspecified atom stereocenters. The number of Topliss-reactive ketones (excluding diaryl/α,β-unsaturated/α-hetero) is 1. The first kappa shape index (κ1) is 13.5. The second-order valence-corrected chi connectivity index (χ2v) is 4.10. The Morgan fingerprint density at radius 3 is 2.58 bits per heavy atom. The summed E-state index contributed by atoms with van der Waals surface area (Å²) in [4.78, 5) is 24.3. The van der Waals surface area contributed by atoms with Crippen LogP contribution in [-0.2, 0) is 9.53 Å². The standard InChI is InChI=1S/C12H10F3NO3/c1-7-2-3-9-8(6-7)10(17)11(18)16(9)4-5-19-12(13,14)15/h2-3,6H,4-5H2,1H3. The lowest BCUT2D eigenvalue weighted by Gasteiger charge is -2.17. The van der Waals surface area contributed by atoms with E-state index in [1.54, 1.807) is 25.1 Å². The Bertz CT molecular complexity index is 540. The molecule has 7 heteroatoms. The van der Waals surface area contributed by atoms with E-state index in [4.69, 9.17) is 0 Å². The molecule has 0 bridgehead atoms. The Kier molecular flexibility index (Phi) is 3.32. The molecule has 1 aromatic rings. The lowest BCUT2D eigenvalue weighted by atomic mass is 10.1. The number of aryl methyl sites for hydroxylation is 1. The van der Waals surface area contributed by atoms with Crippen LogP contribution in [-0.4, -0.2) is 31.2 Å². The smallest absolute Gasteiger partial charge is 0.302 e. The molecule has 1 heterocycles. The number of amides is 1. The van der Waals surface area contributed by atoms with Crippen LogP contribution < -0.4 is 4.90 Å². The molecule has 0 spiro atoms. The normalized spacial score (nSPS) is 15.1. The molecular formula is C12H10F3NO3. The first-order chi connectivity index (χ1) is 8.79. The fraction of sp³-hybridized carbons (Fsp3) is 0.333. The number of anilines is 1. The number of ether oxygens (including phenoxy) is 1. The molecule has 0 saturated heterocycles. The van der Waals surface area contributed by atoms with Gasteiger partial charge < -0.3 is 4.90 Å². The predicted octanol–water partition coefficient (Wildman–Crippen LogP) is 2.06. The number of ketones is 1. The molecule has 0 fully saturated rings. The number of alkyl halides is 3. The van der Waals surface area contributed by atoms with Crippen LogP contribution in [0.1, 0.15) is 15.9 Å². The Labute approximate surface area is 106 Å². The number of halogens is 3. The van der Waals surface area contributed by atoms with Crippen LogP contribution in [0.5, 0.6) is 0 Å². The maximum atomic E-state index is 11.9. The number of carbonyl (C=O) groups excluding carboxylic acids is 2. The number of nitrogens with zero attached hydrogens (tertiary/aromatic N) is 1. The summed E-state index contributed by atoms with van der Waals surface area (Å²) in [6.07, 6.45) is -4.75. The van der Waals surface area contributed by atoms with Crippen LogP contribution in [0.3, 0.4) is 0 Å². The van der Waals surface area contributed by atoms with Crippen molar-refractivity contribution in [2.24, 2.45) is 0 Å². The van der Waals surface area contributed by atoms with Crippen molar-refractivity contribution in [3.05, 3.63) is 29.3 Å².